The molecule has 0 N–H and O–H groups in total. The Morgan fingerprint density at radius 2 is 1.78 bits per heavy atom. The lowest BCUT2D eigenvalue weighted by molar-refractivity contribution is -0.145. The van der Waals surface area contributed by atoms with E-state index in [1.807, 2.05) is 37.4 Å². The van der Waals surface area contributed by atoms with Crippen molar-refractivity contribution in [2.24, 2.45) is 17.3 Å². The number of thioether (sulfide) groups is 1. The molecule has 2 aliphatic heterocycles. The molecule has 0 bridgehead atoms. The molecule has 0 spiro atoms. The van der Waals surface area contributed by atoms with Gasteiger partial charge in [0.1, 0.15) is 0 Å². The van der Waals surface area contributed by atoms with Gasteiger partial charge in [0.25, 0.3) is 0 Å². The lowest BCUT2D eigenvalue weighted by Crippen LogP contribution is -2.52. The van der Waals surface area contributed by atoms with Crippen molar-refractivity contribution in [3.8, 4) is 0 Å². The minimum atomic E-state index is -0.366. The van der Waals surface area contributed by atoms with Gasteiger partial charge in [-0.15, -0.1) is 0 Å². The van der Waals surface area contributed by atoms with E-state index in [4.69, 9.17) is 0 Å². The number of hydrogen-bond acceptors (Lipinski definition) is 3. The molecule has 0 aromatic rings. The van der Waals surface area contributed by atoms with Crippen LogP contribution in [0.25, 0.3) is 0 Å². The fourth-order valence-electron chi connectivity index (χ4n) is 3.37. The number of hydrogen-bond donors (Lipinski definition) is 0. The summed E-state index contributed by atoms with van der Waals surface area (Å²) in [6.45, 7) is 13.4. The summed E-state index contributed by atoms with van der Waals surface area (Å²) in [6.07, 6.45) is 1.86. The molecule has 0 aromatic heterocycles. The molecule has 5 heteroatoms. The topological polar surface area (TPSA) is 40.6 Å². The lowest BCUT2D eigenvalue weighted by atomic mass is 9.90. The Labute approximate surface area is 145 Å². The van der Waals surface area contributed by atoms with Crippen molar-refractivity contribution in [2.75, 3.05) is 31.9 Å². The van der Waals surface area contributed by atoms with Crippen LogP contribution in [-0.4, -0.2) is 58.8 Å². The van der Waals surface area contributed by atoms with E-state index >= 15 is 0 Å². The van der Waals surface area contributed by atoms with E-state index in [1.165, 1.54) is 0 Å². The summed E-state index contributed by atoms with van der Waals surface area (Å²) in [5, 5.41) is 0.545. The molecule has 2 aliphatic rings. The van der Waals surface area contributed by atoms with Gasteiger partial charge in [0.2, 0.25) is 11.8 Å². The predicted octanol–water partition coefficient (Wildman–Crippen LogP) is 2.87. The fraction of sp³-hybridized carbons (Fsp3) is 0.889. The van der Waals surface area contributed by atoms with Gasteiger partial charge in [-0.3, -0.25) is 9.59 Å². The van der Waals surface area contributed by atoms with Gasteiger partial charge in [-0.2, -0.15) is 11.8 Å². The number of piperidine rings is 1. The van der Waals surface area contributed by atoms with Gasteiger partial charge in [0.15, 0.2) is 0 Å². The van der Waals surface area contributed by atoms with Crippen LogP contribution in [0.5, 0.6) is 0 Å². The van der Waals surface area contributed by atoms with Crippen molar-refractivity contribution >= 4 is 23.6 Å². The fourth-order valence-corrected chi connectivity index (χ4v) is 4.67. The first kappa shape index (κ1) is 18.6. The van der Waals surface area contributed by atoms with Gasteiger partial charge in [-0.05, 0) is 18.8 Å². The second kappa shape index (κ2) is 7.45. The van der Waals surface area contributed by atoms with Crippen molar-refractivity contribution in [1.82, 2.24) is 9.80 Å². The zero-order valence-electron chi connectivity index (χ0n) is 15.3. The summed E-state index contributed by atoms with van der Waals surface area (Å²) >= 11 is 1.99. The minimum absolute atomic E-state index is 0.00837. The molecular formula is C18H32N2O2S. The average molecular weight is 341 g/mol. The first-order valence-electron chi connectivity index (χ1n) is 8.90. The second-order valence-electron chi connectivity index (χ2n) is 8.28. The van der Waals surface area contributed by atoms with Crippen molar-refractivity contribution < 1.29 is 9.59 Å². The molecule has 23 heavy (non-hydrogen) atoms. The maximum absolute atomic E-state index is 12.9. The van der Waals surface area contributed by atoms with Crippen molar-refractivity contribution in [3.05, 3.63) is 0 Å². The van der Waals surface area contributed by atoms with E-state index in [1.54, 1.807) is 0 Å². The number of nitrogens with zero attached hydrogens (tertiary/aromatic N) is 2. The summed E-state index contributed by atoms with van der Waals surface area (Å²) in [5.41, 5.74) is -0.366. The molecule has 0 aliphatic carbocycles. The van der Waals surface area contributed by atoms with Gasteiger partial charge < -0.3 is 9.80 Å². The number of carbonyl (C=O) groups excluding carboxylic acids is 2. The first-order chi connectivity index (χ1) is 10.7. The highest BCUT2D eigenvalue weighted by atomic mass is 32.2. The zero-order chi connectivity index (χ0) is 17.2. The summed E-state index contributed by atoms with van der Waals surface area (Å²) < 4.78 is 0. The standard InChI is InChI=1S/C18H32N2O2S/c1-13(2)15-12-19(9-10-23-15)16(21)14-7-6-8-20(11-14)17(22)18(3,4)5/h13-15H,6-12H2,1-5H3/t14-,15-/m1/s1. The summed E-state index contributed by atoms with van der Waals surface area (Å²) in [5.74, 6) is 2.06. The Bertz CT molecular complexity index is 445. The van der Waals surface area contributed by atoms with Crippen LogP contribution in [0.4, 0.5) is 0 Å². The largest absolute Gasteiger partial charge is 0.341 e. The molecule has 132 valence electrons. The molecule has 2 heterocycles. The van der Waals surface area contributed by atoms with Crippen LogP contribution in [0.1, 0.15) is 47.5 Å². The third-order valence-corrected chi connectivity index (χ3v) is 6.39. The lowest BCUT2D eigenvalue weighted by Gasteiger charge is -2.40. The molecular weight excluding hydrogens is 308 g/mol. The Morgan fingerprint density at radius 1 is 1.09 bits per heavy atom. The normalized spacial score (nSPS) is 26.5. The highest BCUT2D eigenvalue weighted by molar-refractivity contribution is 8.00. The van der Waals surface area contributed by atoms with E-state index in [2.05, 4.69) is 18.7 Å². The molecule has 2 rings (SSSR count). The third-order valence-electron chi connectivity index (χ3n) is 4.85. The quantitative estimate of drug-likeness (QED) is 0.776. The van der Waals surface area contributed by atoms with Crippen molar-refractivity contribution in [1.29, 1.82) is 0 Å². The van der Waals surface area contributed by atoms with Gasteiger partial charge in [0.05, 0.1) is 5.92 Å². The molecule has 0 unspecified atom stereocenters. The smallest absolute Gasteiger partial charge is 0.227 e. The number of likely N-dealkylation sites (tertiary alicyclic amines) is 1. The predicted molar refractivity (Wildman–Crippen MR) is 96.4 cm³/mol. The van der Waals surface area contributed by atoms with Crippen LogP contribution in [0.3, 0.4) is 0 Å². The van der Waals surface area contributed by atoms with E-state index in [0.29, 0.717) is 17.7 Å². The molecule has 4 nitrogen and oxygen atoms in total. The average Bonchev–Trinajstić information content (AvgIpc) is 2.52. The number of carbonyl (C=O) groups is 2. The van der Waals surface area contributed by atoms with Crippen LogP contribution >= 0.6 is 11.8 Å². The van der Waals surface area contributed by atoms with E-state index in [9.17, 15) is 9.59 Å². The first-order valence-corrected chi connectivity index (χ1v) is 9.94. The Balaban J connectivity index is 1.98. The highest BCUT2D eigenvalue weighted by Crippen LogP contribution is 2.28. The highest BCUT2D eigenvalue weighted by Gasteiger charge is 2.36. The molecule has 2 saturated heterocycles. The van der Waals surface area contributed by atoms with Gasteiger partial charge in [-0.1, -0.05) is 34.6 Å². The summed E-state index contributed by atoms with van der Waals surface area (Å²) in [6, 6.07) is 0. The minimum Gasteiger partial charge on any atom is -0.341 e. The number of rotatable bonds is 2. The van der Waals surface area contributed by atoms with Gasteiger partial charge in [-0.25, -0.2) is 0 Å². The molecule has 0 aromatic carbocycles. The molecule has 0 radical (unpaired) electrons. The van der Waals surface area contributed by atoms with Crippen LogP contribution in [0, 0.1) is 17.3 Å². The van der Waals surface area contributed by atoms with Gasteiger partial charge in [0, 0.05) is 42.6 Å². The summed E-state index contributed by atoms with van der Waals surface area (Å²) in [4.78, 5) is 29.4. The van der Waals surface area contributed by atoms with Crippen LogP contribution in [-0.2, 0) is 9.59 Å². The maximum atomic E-state index is 12.9. The second-order valence-corrected chi connectivity index (χ2v) is 9.62. The van der Waals surface area contributed by atoms with Crippen LogP contribution in [0.2, 0.25) is 0 Å². The van der Waals surface area contributed by atoms with E-state index in [-0.39, 0.29) is 23.1 Å². The maximum Gasteiger partial charge on any atom is 0.227 e. The van der Waals surface area contributed by atoms with Crippen LogP contribution < -0.4 is 0 Å². The SMILES string of the molecule is CC(C)[C@H]1CN(C(=O)[C@@H]2CCCN(C(=O)C(C)(C)C)C2)CCS1. The van der Waals surface area contributed by atoms with E-state index < -0.39 is 0 Å². The van der Waals surface area contributed by atoms with Crippen molar-refractivity contribution in [3.63, 3.8) is 0 Å². The van der Waals surface area contributed by atoms with Crippen molar-refractivity contribution in [2.45, 2.75) is 52.7 Å². The molecule has 2 fully saturated rings. The summed E-state index contributed by atoms with van der Waals surface area (Å²) in [7, 11) is 0. The Hall–Kier alpha value is -0.710. The molecule has 2 atom stereocenters. The van der Waals surface area contributed by atoms with Crippen LogP contribution in [0.15, 0.2) is 0 Å². The van der Waals surface area contributed by atoms with Gasteiger partial charge >= 0.3 is 0 Å². The Morgan fingerprint density at radius 3 is 2.39 bits per heavy atom. The monoisotopic (exact) mass is 340 g/mol. The molecule has 0 saturated carbocycles. The number of amides is 2. The third kappa shape index (κ3) is 4.65. The Kier molecular flexibility index (Phi) is 6.04. The molecule has 2 amide bonds. The zero-order valence-corrected chi connectivity index (χ0v) is 16.1. The van der Waals surface area contributed by atoms with E-state index in [0.717, 1.165) is 38.2 Å².